The summed E-state index contributed by atoms with van der Waals surface area (Å²) in [6.45, 7) is 11.8. The zero-order valence-corrected chi connectivity index (χ0v) is 12.5. The molecule has 1 aliphatic heterocycles. The van der Waals surface area contributed by atoms with Crippen LogP contribution >= 0.6 is 7.72 Å². The van der Waals surface area contributed by atoms with E-state index in [1.165, 1.54) is 0 Å². The maximum atomic E-state index is 10.4. The van der Waals surface area contributed by atoms with Crippen molar-refractivity contribution in [2.45, 2.75) is 59.5 Å². The fraction of sp³-hybridized carbons (Fsp3) is 1.00. The second-order valence-electron chi connectivity index (χ2n) is 5.85. The quantitative estimate of drug-likeness (QED) is 0.770. The third-order valence-electron chi connectivity index (χ3n) is 2.98. The van der Waals surface area contributed by atoms with E-state index in [1.807, 2.05) is 41.5 Å². The van der Waals surface area contributed by atoms with Crippen molar-refractivity contribution >= 4 is 7.72 Å². The van der Waals surface area contributed by atoms with Gasteiger partial charge in [-0.05, 0) is 0 Å². The van der Waals surface area contributed by atoms with Crippen LogP contribution in [-0.4, -0.2) is 27.8 Å². The van der Waals surface area contributed by atoms with Gasteiger partial charge >= 0.3 is 7.72 Å². The molecule has 0 aliphatic carbocycles. The van der Waals surface area contributed by atoms with Gasteiger partial charge in [-0.15, -0.1) is 0 Å². The lowest BCUT2D eigenvalue weighted by atomic mass is 10.2. The Morgan fingerprint density at radius 1 is 0.765 bits per heavy atom. The molecular formula is C12H26O4P+. The van der Waals surface area contributed by atoms with Crippen LogP contribution in [0.5, 0.6) is 0 Å². The summed E-state index contributed by atoms with van der Waals surface area (Å²) in [5.74, 6) is -0.653. The molecule has 0 bridgehead atoms. The number of rotatable bonds is 3. The van der Waals surface area contributed by atoms with Crippen LogP contribution in [0.25, 0.3) is 0 Å². The SMILES string of the molecule is CC(C)C1O[C@H](C(C)C)[P+](O)(O)[C@@H](C(C)C)O1. The lowest BCUT2D eigenvalue weighted by Gasteiger charge is -2.41. The lowest BCUT2D eigenvalue weighted by molar-refractivity contribution is -0.223. The molecule has 0 radical (unpaired) electrons. The van der Waals surface area contributed by atoms with Crippen molar-refractivity contribution in [3.8, 4) is 0 Å². The Kier molecular flexibility index (Phi) is 4.96. The van der Waals surface area contributed by atoms with Gasteiger partial charge in [0.2, 0.25) is 11.7 Å². The van der Waals surface area contributed by atoms with E-state index in [0.29, 0.717) is 0 Å². The Morgan fingerprint density at radius 3 is 1.35 bits per heavy atom. The van der Waals surface area contributed by atoms with Crippen LogP contribution in [0, 0.1) is 17.8 Å². The number of hydrogen-bond donors (Lipinski definition) is 2. The van der Waals surface area contributed by atoms with Gasteiger partial charge < -0.3 is 9.47 Å². The van der Waals surface area contributed by atoms with Gasteiger partial charge in [0.25, 0.3) is 0 Å². The molecule has 5 heteroatoms. The van der Waals surface area contributed by atoms with Crippen molar-refractivity contribution in [3.05, 3.63) is 0 Å². The maximum absolute atomic E-state index is 10.4. The molecule has 0 spiro atoms. The van der Waals surface area contributed by atoms with Crippen molar-refractivity contribution < 1.29 is 19.3 Å². The van der Waals surface area contributed by atoms with E-state index in [2.05, 4.69) is 0 Å². The van der Waals surface area contributed by atoms with E-state index < -0.39 is 19.4 Å². The van der Waals surface area contributed by atoms with Crippen molar-refractivity contribution in [3.63, 3.8) is 0 Å². The summed E-state index contributed by atoms with van der Waals surface area (Å²) in [5, 5.41) is 0. The van der Waals surface area contributed by atoms with E-state index in [1.54, 1.807) is 0 Å². The first-order chi connectivity index (χ1) is 7.67. The largest absolute Gasteiger partial charge is 0.327 e. The molecule has 1 saturated heterocycles. The van der Waals surface area contributed by atoms with Crippen molar-refractivity contribution in [1.82, 2.24) is 0 Å². The van der Waals surface area contributed by atoms with Gasteiger partial charge in [-0.2, -0.15) is 0 Å². The van der Waals surface area contributed by atoms with Crippen LogP contribution in [0.15, 0.2) is 0 Å². The molecule has 2 N–H and O–H groups in total. The summed E-state index contributed by atoms with van der Waals surface area (Å²) in [6.07, 6.45) is -0.345. The average molecular weight is 265 g/mol. The molecule has 0 aromatic heterocycles. The van der Waals surface area contributed by atoms with E-state index in [4.69, 9.17) is 9.47 Å². The summed E-state index contributed by atoms with van der Waals surface area (Å²) in [7, 11) is -3.19. The van der Waals surface area contributed by atoms with Gasteiger partial charge in [-0.1, -0.05) is 41.5 Å². The Bertz CT molecular complexity index is 233. The van der Waals surface area contributed by atoms with Crippen molar-refractivity contribution in [2.75, 3.05) is 0 Å². The van der Waals surface area contributed by atoms with Gasteiger partial charge in [0.1, 0.15) is 0 Å². The van der Waals surface area contributed by atoms with Gasteiger partial charge in [-0.25, -0.2) is 9.79 Å². The van der Waals surface area contributed by atoms with E-state index >= 15 is 0 Å². The van der Waals surface area contributed by atoms with Gasteiger partial charge in [0.05, 0.1) is 0 Å². The minimum atomic E-state index is -3.19. The van der Waals surface area contributed by atoms with Crippen LogP contribution in [0.2, 0.25) is 0 Å². The molecule has 1 rings (SSSR count). The molecule has 4 nitrogen and oxygen atoms in total. The van der Waals surface area contributed by atoms with E-state index in [0.717, 1.165) is 0 Å². The highest BCUT2D eigenvalue weighted by Crippen LogP contribution is 2.66. The molecule has 0 unspecified atom stereocenters. The van der Waals surface area contributed by atoms with Crippen molar-refractivity contribution in [1.29, 1.82) is 0 Å². The van der Waals surface area contributed by atoms with Crippen molar-refractivity contribution in [2.24, 2.45) is 17.8 Å². The molecule has 102 valence electrons. The van der Waals surface area contributed by atoms with Crippen LogP contribution in [0.1, 0.15) is 41.5 Å². The molecule has 1 heterocycles. The molecule has 0 aromatic carbocycles. The third-order valence-corrected chi connectivity index (χ3v) is 5.92. The normalized spacial score (nSPS) is 33.7. The predicted octanol–water partition coefficient (Wildman–Crippen LogP) is 2.81. The topological polar surface area (TPSA) is 58.9 Å². The average Bonchev–Trinajstić information content (AvgIpc) is 2.14. The highest BCUT2D eigenvalue weighted by Gasteiger charge is 2.61. The van der Waals surface area contributed by atoms with Crippen LogP contribution < -0.4 is 0 Å². The fourth-order valence-corrected chi connectivity index (χ4v) is 4.78. The molecule has 0 saturated carbocycles. The monoisotopic (exact) mass is 265 g/mol. The van der Waals surface area contributed by atoms with Gasteiger partial charge in [-0.3, -0.25) is 0 Å². The number of ether oxygens (including phenoxy) is 2. The van der Waals surface area contributed by atoms with Crippen LogP contribution in [0.3, 0.4) is 0 Å². The minimum Gasteiger partial charge on any atom is -0.309 e. The minimum absolute atomic E-state index is 0.0738. The van der Waals surface area contributed by atoms with Crippen LogP contribution in [0.4, 0.5) is 0 Å². The maximum Gasteiger partial charge on any atom is 0.327 e. The molecule has 2 atom stereocenters. The summed E-state index contributed by atoms with van der Waals surface area (Å²) in [4.78, 5) is 20.7. The number of hydrogen-bond acceptors (Lipinski definition) is 4. The predicted molar refractivity (Wildman–Crippen MR) is 69.4 cm³/mol. The first-order valence-electron chi connectivity index (χ1n) is 6.32. The summed E-state index contributed by atoms with van der Waals surface area (Å²) in [6, 6.07) is 0. The highest BCUT2D eigenvalue weighted by molar-refractivity contribution is 7.65. The lowest BCUT2D eigenvalue weighted by Crippen LogP contribution is -2.46. The standard InChI is InChI=1S/C12H26O4P/c1-7(2)10-15-11(8(3)4)17(13,14)12(16-10)9(5)6/h7-14H,1-6H3/q+1/t11-,12-/m0/s1. The summed E-state index contributed by atoms with van der Waals surface area (Å²) in [5.41, 5.74) is 0. The Labute approximate surface area is 105 Å². The van der Waals surface area contributed by atoms with Gasteiger partial charge in [0, 0.05) is 17.8 Å². The molecular weight excluding hydrogens is 239 g/mol. The van der Waals surface area contributed by atoms with E-state index in [9.17, 15) is 9.79 Å². The van der Waals surface area contributed by atoms with Crippen LogP contribution in [-0.2, 0) is 9.47 Å². The molecule has 0 amide bonds. The third kappa shape index (κ3) is 3.18. The van der Waals surface area contributed by atoms with Gasteiger partial charge in [0.15, 0.2) is 6.29 Å². The second-order valence-corrected chi connectivity index (χ2v) is 8.27. The molecule has 1 aliphatic rings. The molecule has 0 aromatic rings. The Hall–Kier alpha value is 0.270. The zero-order valence-electron chi connectivity index (χ0n) is 11.6. The second kappa shape index (κ2) is 5.50. The van der Waals surface area contributed by atoms with E-state index in [-0.39, 0.29) is 24.0 Å². The fourth-order valence-electron chi connectivity index (χ4n) is 2.14. The summed E-state index contributed by atoms with van der Waals surface area (Å²) >= 11 is 0. The highest BCUT2D eigenvalue weighted by atomic mass is 31.2. The molecule has 1 fully saturated rings. The zero-order chi connectivity index (χ0) is 13.4. The first-order valence-corrected chi connectivity index (χ1v) is 8.16. The smallest absolute Gasteiger partial charge is 0.309 e. The first kappa shape index (κ1) is 15.3. The molecule has 17 heavy (non-hydrogen) atoms. The summed E-state index contributed by atoms with van der Waals surface area (Å²) < 4.78 is 11.5. The Balaban J connectivity index is 2.97. The Morgan fingerprint density at radius 2 is 1.12 bits per heavy atom.